The monoisotopic (exact) mass is 296 g/mol. The molecule has 0 atom stereocenters. The number of rotatable bonds is 2. The predicted molar refractivity (Wildman–Crippen MR) is 83.7 cm³/mol. The van der Waals surface area contributed by atoms with E-state index in [1.165, 1.54) is 24.3 Å². The first-order chi connectivity index (χ1) is 10.5. The Morgan fingerprint density at radius 1 is 1.14 bits per heavy atom. The van der Waals surface area contributed by atoms with Crippen molar-refractivity contribution in [3.05, 3.63) is 75.8 Å². The van der Waals surface area contributed by atoms with E-state index in [-0.39, 0.29) is 11.0 Å². The van der Waals surface area contributed by atoms with Crippen LogP contribution in [0.4, 0.5) is 10.1 Å². The van der Waals surface area contributed by atoms with Crippen molar-refractivity contribution in [3.8, 4) is 0 Å². The van der Waals surface area contributed by atoms with Crippen LogP contribution in [0.5, 0.6) is 0 Å². The van der Waals surface area contributed by atoms with Crippen LogP contribution in [-0.4, -0.2) is 10.9 Å². The molecular weight excluding hydrogens is 283 g/mol. The molecule has 0 radical (unpaired) electrons. The highest BCUT2D eigenvalue weighted by molar-refractivity contribution is 6.05. The Labute approximate surface area is 125 Å². The van der Waals surface area contributed by atoms with Gasteiger partial charge in [0.2, 0.25) is 0 Å². The second kappa shape index (κ2) is 5.44. The third-order valence-corrected chi connectivity index (χ3v) is 3.31. The van der Waals surface area contributed by atoms with E-state index in [1.807, 2.05) is 0 Å². The van der Waals surface area contributed by atoms with Gasteiger partial charge in [0.1, 0.15) is 5.82 Å². The highest BCUT2D eigenvalue weighted by atomic mass is 19.1. The molecule has 5 heteroatoms. The number of benzene rings is 2. The second-order valence-corrected chi connectivity index (χ2v) is 5.04. The van der Waals surface area contributed by atoms with Gasteiger partial charge in [0.25, 0.3) is 5.91 Å². The maximum atomic E-state index is 13.1. The quantitative estimate of drug-likeness (QED) is 0.762. The molecule has 0 unspecified atom stereocenters. The lowest BCUT2D eigenvalue weighted by molar-refractivity contribution is 0.102. The number of amides is 1. The number of halogens is 1. The van der Waals surface area contributed by atoms with Crippen LogP contribution in [0.1, 0.15) is 16.1 Å². The van der Waals surface area contributed by atoms with Crippen molar-refractivity contribution in [3.63, 3.8) is 0 Å². The van der Waals surface area contributed by atoms with Gasteiger partial charge >= 0.3 is 0 Å². The first-order valence-corrected chi connectivity index (χ1v) is 6.73. The van der Waals surface area contributed by atoms with E-state index in [4.69, 9.17) is 0 Å². The highest BCUT2D eigenvalue weighted by Crippen LogP contribution is 2.16. The van der Waals surface area contributed by atoms with Crippen molar-refractivity contribution in [1.29, 1.82) is 0 Å². The normalized spacial score (nSPS) is 10.6. The zero-order valence-corrected chi connectivity index (χ0v) is 11.8. The van der Waals surface area contributed by atoms with E-state index in [2.05, 4.69) is 10.3 Å². The Kier molecular flexibility index (Phi) is 3.47. The van der Waals surface area contributed by atoms with Gasteiger partial charge in [-0.15, -0.1) is 0 Å². The van der Waals surface area contributed by atoms with Gasteiger partial charge in [-0.3, -0.25) is 9.59 Å². The number of aryl methyl sites for hydroxylation is 1. The molecular formula is C17H13FN2O2. The van der Waals surface area contributed by atoms with Crippen molar-refractivity contribution in [2.75, 3.05) is 5.32 Å². The van der Waals surface area contributed by atoms with Crippen molar-refractivity contribution in [2.45, 2.75) is 6.92 Å². The van der Waals surface area contributed by atoms with Crippen molar-refractivity contribution in [2.24, 2.45) is 0 Å². The summed E-state index contributed by atoms with van der Waals surface area (Å²) in [6.45, 7) is 1.81. The number of aromatic amines is 1. The highest BCUT2D eigenvalue weighted by Gasteiger charge is 2.08. The molecule has 3 rings (SSSR count). The van der Waals surface area contributed by atoms with E-state index in [1.54, 1.807) is 25.1 Å². The summed E-state index contributed by atoms with van der Waals surface area (Å²) >= 11 is 0. The van der Waals surface area contributed by atoms with Crippen molar-refractivity contribution < 1.29 is 9.18 Å². The Morgan fingerprint density at radius 2 is 1.95 bits per heavy atom. The molecule has 3 aromatic rings. The number of nitrogens with one attached hydrogen (secondary N) is 2. The minimum Gasteiger partial charge on any atom is -0.358 e. The molecule has 0 fully saturated rings. The number of H-pyrrole nitrogens is 1. The molecule has 0 saturated carbocycles. The molecule has 0 aliphatic heterocycles. The molecule has 2 aromatic carbocycles. The van der Waals surface area contributed by atoms with E-state index < -0.39 is 11.7 Å². The van der Waals surface area contributed by atoms with Crippen LogP contribution in [0, 0.1) is 12.7 Å². The van der Waals surface area contributed by atoms with Crippen LogP contribution in [-0.2, 0) is 0 Å². The Hall–Kier alpha value is -2.95. The van der Waals surface area contributed by atoms with Crippen molar-refractivity contribution >= 4 is 22.5 Å². The van der Waals surface area contributed by atoms with Gasteiger partial charge < -0.3 is 10.3 Å². The molecule has 0 bridgehead atoms. The number of hydrogen-bond donors (Lipinski definition) is 2. The maximum absolute atomic E-state index is 13.1. The molecule has 0 aliphatic rings. The van der Waals surface area contributed by atoms with Gasteiger partial charge in [-0.05, 0) is 43.3 Å². The fourth-order valence-corrected chi connectivity index (χ4v) is 2.29. The topological polar surface area (TPSA) is 62.0 Å². The van der Waals surface area contributed by atoms with Crippen LogP contribution in [0.3, 0.4) is 0 Å². The van der Waals surface area contributed by atoms with Gasteiger partial charge in [-0.25, -0.2) is 4.39 Å². The zero-order chi connectivity index (χ0) is 15.7. The summed E-state index contributed by atoms with van der Waals surface area (Å²) in [7, 11) is 0. The number of aromatic nitrogens is 1. The van der Waals surface area contributed by atoms with Gasteiger partial charge in [-0.2, -0.15) is 0 Å². The molecule has 4 nitrogen and oxygen atoms in total. The lowest BCUT2D eigenvalue weighted by Gasteiger charge is -2.07. The van der Waals surface area contributed by atoms with Gasteiger partial charge in [0.05, 0.1) is 0 Å². The lowest BCUT2D eigenvalue weighted by atomic mass is 10.1. The van der Waals surface area contributed by atoms with E-state index in [0.29, 0.717) is 16.6 Å². The summed E-state index contributed by atoms with van der Waals surface area (Å²) in [5, 5.41) is 3.15. The smallest absolute Gasteiger partial charge is 0.255 e. The predicted octanol–water partition coefficient (Wildman–Crippen LogP) is 3.23. The lowest BCUT2D eigenvalue weighted by Crippen LogP contribution is -2.12. The second-order valence-electron chi connectivity index (χ2n) is 5.04. The summed E-state index contributed by atoms with van der Waals surface area (Å²) in [4.78, 5) is 27.1. The molecule has 0 saturated heterocycles. The Morgan fingerprint density at radius 3 is 2.73 bits per heavy atom. The molecule has 2 N–H and O–H groups in total. The van der Waals surface area contributed by atoms with Gasteiger partial charge in [-0.1, -0.05) is 6.07 Å². The summed E-state index contributed by atoms with van der Waals surface area (Å²) < 4.78 is 13.1. The fourth-order valence-electron chi connectivity index (χ4n) is 2.29. The maximum Gasteiger partial charge on any atom is 0.255 e. The first-order valence-electron chi connectivity index (χ1n) is 6.73. The summed E-state index contributed by atoms with van der Waals surface area (Å²) in [6, 6.07) is 11.9. The van der Waals surface area contributed by atoms with Crippen LogP contribution in [0.2, 0.25) is 0 Å². The molecule has 0 aliphatic carbocycles. The number of anilines is 1. The minimum absolute atomic E-state index is 0.117. The molecule has 1 aromatic heterocycles. The molecule has 0 spiro atoms. The molecule has 22 heavy (non-hydrogen) atoms. The largest absolute Gasteiger partial charge is 0.358 e. The van der Waals surface area contributed by atoms with E-state index >= 15 is 0 Å². The van der Waals surface area contributed by atoms with E-state index in [9.17, 15) is 14.0 Å². The first kappa shape index (κ1) is 14.0. The summed E-state index contributed by atoms with van der Waals surface area (Å²) in [6.07, 6.45) is 0. The van der Waals surface area contributed by atoms with Crippen LogP contribution >= 0.6 is 0 Å². The van der Waals surface area contributed by atoms with Crippen molar-refractivity contribution in [1.82, 2.24) is 4.98 Å². The summed E-state index contributed by atoms with van der Waals surface area (Å²) in [5.74, 6) is -0.902. The Balaban J connectivity index is 1.94. The Bertz CT molecular complexity index is 931. The average molecular weight is 296 g/mol. The number of carbonyl (C=O) groups is 1. The third-order valence-electron chi connectivity index (χ3n) is 3.31. The zero-order valence-electron chi connectivity index (χ0n) is 11.8. The number of hydrogen-bond acceptors (Lipinski definition) is 2. The number of pyridine rings is 1. The standard InChI is InChI=1S/C17H13FN2O2/c1-10-7-16(21)14-9-13(5-6-15(14)19-10)20-17(22)11-3-2-4-12(18)8-11/h2-9H,1H3,(H,19,21)(H,20,22). The number of carbonyl (C=O) groups excluding carboxylic acids is 1. The summed E-state index contributed by atoms with van der Waals surface area (Å²) in [5.41, 5.74) is 2.06. The van der Waals surface area contributed by atoms with Gasteiger partial charge in [0, 0.05) is 33.9 Å². The average Bonchev–Trinajstić information content (AvgIpc) is 2.48. The van der Waals surface area contributed by atoms with Crippen LogP contribution in [0.15, 0.2) is 53.3 Å². The van der Waals surface area contributed by atoms with Crippen LogP contribution < -0.4 is 10.7 Å². The van der Waals surface area contributed by atoms with E-state index in [0.717, 1.165) is 11.8 Å². The van der Waals surface area contributed by atoms with Gasteiger partial charge in [0.15, 0.2) is 5.43 Å². The minimum atomic E-state index is -0.474. The number of fused-ring (bicyclic) bond motifs is 1. The molecule has 110 valence electrons. The fraction of sp³-hybridized carbons (Fsp3) is 0.0588. The third kappa shape index (κ3) is 2.74. The van der Waals surface area contributed by atoms with Crippen LogP contribution in [0.25, 0.3) is 10.9 Å². The SMILES string of the molecule is Cc1cc(=O)c2cc(NC(=O)c3cccc(F)c3)ccc2[nH]1. The molecule has 1 heterocycles. The molecule has 1 amide bonds.